The fourth-order valence-corrected chi connectivity index (χ4v) is 2.69. The van der Waals surface area contributed by atoms with Gasteiger partial charge in [-0.2, -0.15) is 0 Å². The molecule has 0 aliphatic rings. The Bertz CT molecular complexity index is 1110. The lowest BCUT2D eigenvalue weighted by atomic mass is 10.1. The predicted molar refractivity (Wildman–Crippen MR) is 126 cm³/mol. The molecule has 196 valence electrons. The molecule has 2 atom stereocenters. The van der Waals surface area contributed by atoms with E-state index < -0.39 is 36.1 Å². The molecule has 2 unspecified atom stereocenters. The summed E-state index contributed by atoms with van der Waals surface area (Å²) in [6.07, 6.45) is -0.743. The van der Waals surface area contributed by atoms with Crippen LogP contribution >= 0.6 is 0 Å². The van der Waals surface area contributed by atoms with Gasteiger partial charge in [0.2, 0.25) is 0 Å². The first kappa shape index (κ1) is 28.8. The van der Waals surface area contributed by atoms with Crippen molar-refractivity contribution >= 4 is 23.9 Å². The number of nitriles is 1. The van der Waals surface area contributed by atoms with Gasteiger partial charge in [0.05, 0.1) is 24.3 Å². The smallest absolute Gasteiger partial charge is 0.347 e. The van der Waals surface area contributed by atoms with E-state index in [2.05, 4.69) is 4.74 Å². The summed E-state index contributed by atoms with van der Waals surface area (Å²) in [5.41, 5.74) is 1.48. The van der Waals surface area contributed by atoms with Crippen LogP contribution in [0.25, 0.3) is 0 Å². The summed E-state index contributed by atoms with van der Waals surface area (Å²) in [5.74, 6) is -2.61. The Balaban J connectivity index is 1.57. The van der Waals surface area contributed by atoms with E-state index in [0.29, 0.717) is 5.56 Å². The lowest BCUT2D eigenvalue weighted by Gasteiger charge is -2.14. The summed E-state index contributed by atoms with van der Waals surface area (Å²) >= 11 is 0. The van der Waals surface area contributed by atoms with Crippen molar-refractivity contribution in [2.75, 3.05) is 26.4 Å². The number of esters is 4. The maximum absolute atomic E-state index is 12.1. The quantitative estimate of drug-likeness (QED) is 0.168. The molecule has 0 saturated heterocycles. The van der Waals surface area contributed by atoms with Crippen LogP contribution in [0.4, 0.5) is 0 Å². The van der Waals surface area contributed by atoms with Crippen LogP contribution in [0.2, 0.25) is 0 Å². The van der Waals surface area contributed by atoms with Crippen LogP contribution in [0.15, 0.2) is 48.5 Å². The normalized spacial score (nSPS) is 11.8. The Hall–Kier alpha value is -4.43. The first-order valence-electron chi connectivity index (χ1n) is 11.3. The number of carbonyl (C=O) groups excluding carboxylic acids is 4. The van der Waals surface area contributed by atoms with Crippen molar-refractivity contribution in [2.24, 2.45) is 0 Å². The van der Waals surface area contributed by atoms with Gasteiger partial charge in [-0.25, -0.2) is 19.2 Å². The van der Waals surface area contributed by atoms with Gasteiger partial charge in [-0.1, -0.05) is 17.7 Å². The Morgan fingerprint density at radius 3 is 1.59 bits per heavy atom. The number of carbonyl (C=O) groups is 4. The molecule has 0 aromatic heterocycles. The number of aryl methyl sites for hydroxylation is 1. The van der Waals surface area contributed by atoms with E-state index in [4.69, 9.17) is 28.9 Å². The van der Waals surface area contributed by atoms with E-state index in [9.17, 15) is 19.2 Å². The van der Waals surface area contributed by atoms with Crippen LogP contribution in [-0.2, 0) is 33.3 Å². The Kier molecular flexibility index (Phi) is 11.6. The number of nitrogens with zero attached hydrogens (tertiary/aromatic N) is 1. The molecule has 0 spiro atoms. The van der Waals surface area contributed by atoms with E-state index >= 15 is 0 Å². The minimum absolute atomic E-state index is 0.0161. The van der Waals surface area contributed by atoms with Crippen LogP contribution in [0.5, 0.6) is 5.75 Å². The summed E-state index contributed by atoms with van der Waals surface area (Å²) in [4.78, 5) is 48.1. The second kappa shape index (κ2) is 14.9. The van der Waals surface area contributed by atoms with E-state index in [1.165, 1.54) is 44.4 Å². The van der Waals surface area contributed by atoms with Crippen LogP contribution in [0.3, 0.4) is 0 Å². The molecule has 11 nitrogen and oxygen atoms in total. The summed E-state index contributed by atoms with van der Waals surface area (Å²) in [6, 6.07) is 12.3. The zero-order valence-electron chi connectivity index (χ0n) is 20.6. The van der Waals surface area contributed by atoms with E-state index in [0.717, 1.165) is 5.56 Å². The van der Waals surface area contributed by atoms with Crippen LogP contribution in [0.1, 0.15) is 40.1 Å². The molecule has 2 aromatic carbocycles. The van der Waals surface area contributed by atoms with Crippen molar-refractivity contribution in [1.29, 1.82) is 5.26 Å². The Morgan fingerprint density at radius 1 is 0.730 bits per heavy atom. The van der Waals surface area contributed by atoms with Crippen molar-refractivity contribution in [3.8, 4) is 12.0 Å². The average Bonchev–Trinajstić information content (AvgIpc) is 2.88. The van der Waals surface area contributed by atoms with Crippen molar-refractivity contribution < 1.29 is 47.6 Å². The van der Waals surface area contributed by atoms with Gasteiger partial charge in [-0.15, -0.1) is 5.26 Å². The summed E-state index contributed by atoms with van der Waals surface area (Å²) in [5, 5.41) is 8.46. The van der Waals surface area contributed by atoms with E-state index in [1.807, 2.05) is 6.92 Å². The first-order valence-corrected chi connectivity index (χ1v) is 11.3. The molecule has 0 bridgehead atoms. The minimum atomic E-state index is -1.16. The van der Waals surface area contributed by atoms with E-state index in [-0.39, 0.29) is 37.7 Å². The highest BCUT2D eigenvalue weighted by Crippen LogP contribution is 2.13. The molecule has 0 aliphatic heterocycles. The van der Waals surface area contributed by atoms with Gasteiger partial charge in [0.25, 0.3) is 6.26 Å². The van der Waals surface area contributed by atoms with Crippen LogP contribution in [-0.4, -0.2) is 62.5 Å². The number of hydrogen-bond donors (Lipinski definition) is 0. The number of hydrogen-bond acceptors (Lipinski definition) is 11. The van der Waals surface area contributed by atoms with Gasteiger partial charge in [0.15, 0.2) is 12.2 Å². The van der Waals surface area contributed by atoms with Gasteiger partial charge >= 0.3 is 23.9 Å². The highest BCUT2D eigenvalue weighted by Gasteiger charge is 2.21. The zero-order chi connectivity index (χ0) is 27.2. The standard InChI is InChI=1S/C26H27NO10/c1-17-4-6-20(7-5-17)25(30)36-18(2)23(28)33-14-12-32-13-15-34-24(29)19(3)37-26(31)21-8-10-22(11-9-21)35-16-27/h4-11,18-19H,12-15H2,1-3H3. The van der Waals surface area contributed by atoms with Crippen molar-refractivity contribution in [3.05, 3.63) is 65.2 Å². The van der Waals surface area contributed by atoms with Gasteiger partial charge in [-0.3, -0.25) is 0 Å². The molecular formula is C26H27NO10. The van der Waals surface area contributed by atoms with Crippen molar-refractivity contribution in [3.63, 3.8) is 0 Å². The molecule has 0 fully saturated rings. The average molecular weight is 513 g/mol. The van der Waals surface area contributed by atoms with Crippen LogP contribution in [0, 0.1) is 18.4 Å². The Morgan fingerprint density at radius 2 is 1.16 bits per heavy atom. The Labute approximate surface area is 213 Å². The van der Waals surface area contributed by atoms with Crippen molar-refractivity contribution in [2.45, 2.75) is 33.0 Å². The molecule has 0 aliphatic carbocycles. The fourth-order valence-electron chi connectivity index (χ4n) is 2.69. The molecule has 0 heterocycles. The lowest BCUT2D eigenvalue weighted by molar-refractivity contribution is -0.156. The van der Waals surface area contributed by atoms with E-state index in [1.54, 1.807) is 24.3 Å². The van der Waals surface area contributed by atoms with Crippen molar-refractivity contribution in [1.82, 2.24) is 0 Å². The SMILES string of the molecule is Cc1ccc(C(=O)OC(C)C(=O)OCCOCCOC(=O)C(C)OC(=O)c2ccc(OC#N)cc2)cc1. The minimum Gasteiger partial charge on any atom is -0.461 e. The number of ether oxygens (including phenoxy) is 6. The third-order valence-corrected chi connectivity index (χ3v) is 4.72. The highest BCUT2D eigenvalue weighted by atomic mass is 16.6. The summed E-state index contributed by atoms with van der Waals surface area (Å²) < 4.78 is 30.0. The molecule has 2 rings (SSSR count). The molecule has 0 N–H and O–H groups in total. The molecule has 0 radical (unpaired) electrons. The molecule has 2 aromatic rings. The highest BCUT2D eigenvalue weighted by molar-refractivity contribution is 5.92. The third-order valence-electron chi connectivity index (χ3n) is 4.72. The second-order valence-corrected chi connectivity index (χ2v) is 7.63. The monoisotopic (exact) mass is 513 g/mol. The summed E-state index contributed by atoms with van der Waals surface area (Å²) in [7, 11) is 0. The lowest BCUT2D eigenvalue weighted by Crippen LogP contribution is -2.28. The molecule has 0 saturated carbocycles. The van der Waals surface area contributed by atoms with Gasteiger partial charge in [0.1, 0.15) is 19.0 Å². The first-order chi connectivity index (χ1) is 17.7. The molecular weight excluding hydrogens is 486 g/mol. The maximum Gasteiger partial charge on any atom is 0.347 e. The van der Waals surface area contributed by atoms with Gasteiger partial charge < -0.3 is 28.4 Å². The third kappa shape index (κ3) is 9.99. The largest absolute Gasteiger partial charge is 0.461 e. The number of rotatable bonds is 13. The number of benzene rings is 2. The summed E-state index contributed by atoms with van der Waals surface area (Å²) in [6.45, 7) is 4.49. The van der Waals surface area contributed by atoms with Gasteiger partial charge in [0, 0.05) is 0 Å². The topological polar surface area (TPSA) is 147 Å². The predicted octanol–water partition coefficient (Wildman–Crippen LogP) is 2.75. The molecule has 11 heteroatoms. The molecule has 0 amide bonds. The molecule has 37 heavy (non-hydrogen) atoms. The van der Waals surface area contributed by atoms with Crippen LogP contribution < -0.4 is 4.74 Å². The maximum atomic E-state index is 12.1. The fraction of sp³-hybridized carbons (Fsp3) is 0.346. The second-order valence-electron chi connectivity index (χ2n) is 7.63. The zero-order valence-corrected chi connectivity index (χ0v) is 20.6. The van der Waals surface area contributed by atoms with Gasteiger partial charge in [-0.05, 0) is 57.2 Å².